The van der Waals surface area contributed by atoms with Crippen LogP contribution < -0.4 is 16.0 Å². The van der Waals surface area contributed by atoms with Crippen molar-refractivity contribution in [3.8, 4) is 0 Å². The van der Waals surface area contributed by atoms with Gasteiger partial charge < -0.3 is 26.2 Å². The molecule has 0 radical (unpaired) electrons. The topological polar surface area (TPSA) is 128 Å². The fourth-order valence-corrected chi connectivity index (χ4v) is 3.17. The summed E-state index contributed by atoms with van der Waals surface area (Å²) in [4.78, 5) is 35.9. The van der Waals surface area contributed by atoms with Crippen LogP contribution in [0.15, 0.2) is 78.9 Å². The number of carboxylic acid groups (broad SMARTS) is 1. The van der Waals surface area contributed by atoms with E-state index in [1.165, 1.54) is 24.3 Å². The Morgan fingerprint density at radius 2 is 1.42 bits per heavy atom. The van der Waals surface area contributed by atoms with Crippen LogP contribution in [-0.2, 0) is 16.0 Å². The van der Waals surface area contributed by atoms with Crippen LogP contribution in [0.1, 0.15) is 15.9 Å². The average Bonchev–Trinajstić information content (AvgIpc) is 2.81. The van der Waals surface area contributed by atoms with Gasteiger partial charge in [0.15, 0.2) is 0 Å². The van der Waals surface area contributed by atoms with Crippen molar-refractivity contribution in [3.05, 3.63) is 95.0 Å². The number of hydrogen-bond acceptors (Lipinski definition) is 5. The zero-order chi connectivity index (χ0) is 23.8. The summed E-state index contributed by atoms with van der Waals surface area (Å²) >= 11 is 5.83. The van der Waals surface area contributed by atoms with Gasteiger partial charge >= 0.3 is 17.8 Å². The number of halogens is 1. The van der Waals surface area contributed by atoms with Crippen molar-refractivity contribution < 1.29 is 24.6 Å². The van der Waals surface area contributed by atoms with Crippen LogP contribution in [0.2, 0.25) is 5.02 Å². The lowest BCUT2D eigenvalue weighted by Crippen LogP contribution is -2.51. The van der Waals surface area contributed by atoms with E-state index in [0.29, 0.717) is 16.4 Å². The van der Waals surface area contributed by atoms with Crippen molar-refractivity contribution in [2.45, 2.75) is 18.7 Å². The number of aromatic carboxylic acids is 1. The van der Waals surface area contributed by atoms with Crippen molar-refractivity contribution in [1.82, 2.24) is 5.32 Å². The molecule has 9 heteroatoms. The maximum absolute atomic E-state index is 12.5. The Morgan fingerprint density at radius 3 is 2.03 bits per heavy atom. The first-order valence-corrected chi connectivity index (χ1v) is 10.4. The molecule has 2 atom stereocenters. The minimum absolute atomic E-state index is 0.100. The number of nitrogens with one attached hydrogen (secondary N) is 3. The molecule has 5 N–H and O–H groups in total. The second-order valence-electron chi connectivity index (χ2n) is 7.20. The van der Waals surface area contributed by atoms with E-state index in [-0.39, 0.29) is 12.0 Å². The van der Waals surface area contributed by atoms with Gasteiger partial charge in [0, 0.05) is 16.4 Å². The predicted molar refractivity (Wildman–Crippen MR) is 125 cm³/mol. The molecule has 170 valence electrons. The summed E-state index contributed by atoms with van der Waals surface area (Å²) in [6, 6.07) is 20.4. The molecule has 0 aromatic heterocycles. The highest BCUT2D eigenvalue weighted by atomic mass is 35.5. The lowest BCUT2D eigenvalue weighted by atomic mass is 10.0. The standard InChI is InChI=1S/C24H22ClN3O5/c25-17-8-12-19(13-9-17)27-22(30)23(31)28-20(14-15-4-2-1-3-5-15)21(29)26-18-10-6-16(7-11-18)24(32)33/h1-13,20-21,26,29H,14H2,(H,27,30)(H,28,31)(H,32,33)/t20-,21?/m0/s1. The molecule has 0 aliphatic rings. The predicted octanol–water partition coefficient (Wildman–Crippen LogP) is 3.13. The number of anilines is 2. The van der Waals surface area contributed by atoms with E-state index in [1.54, 1.807) is 24.3 Å². The summed E-state index contributed by atoms with van der Waals surface area (Å²) in [6.45, 7) is 0. The molecule has 33 heavy (non-hydrogen) atoms. The van der Waals surface area contributed by atoms with Crippen LogP contribution in [0.25, 0.3) is 0 Å². The Kier molecular flexibility index (Phi) is 8.01. The molecule has 0 spiro atoms. The lowest BCUT2D eigenvalue weighted by molar-refractivity contribution is -0.137. The summed E-state index contributed by atoms with van der Waals surface area (Å²) in [5.41, 5.74) is 1.79. The van der Waals surface area contributed by atoms with Crippen molar-refractivity contribution in [2.75, 3.05) is 10.6 Å². The normalized spacial score (nSPS) is 12.3. The van der Waals surface area contributed by atoms with Crippen LogP contribution in [0.3, 0.4) is 0 Å². The van der Waals surface area contributed by atoms with E-state index >= 15 is 0 Å². The van der Waals surface area contributed by atoms with Gasteiger partial charge in [0.05, 0.1) is 11.6 Å². The van der Waals surface area contributed by atoms with Gasteiger partial charge in [-0.15, -0.1) is 0 Å². The smallest absolute Gasteiger partial charge is 0.335 e. The molecular formula is C24H22ClN3O5. The van der Waals surface area contributed by atoms with Crippen molar-refractivity contribution in [2.24, 2.45) is 0 Å². The van der Waals surface area contributed by atoms with E-state index in [1.807, 2.05) is 30.3 Å². The quantitative estimate of drug-likeness (QED) is 0.256. The minimum Gasteiger partial charge on any atom is -0.478 e. The third-order valence-electron chi connectivity index (χ3n) is 4.75. The van der Waals surface area contributed by atoms with Crippen LogP contribution in [-0.4, -0.2) is 40.3 Å². The summed E-state index contributed by atoms with van der Waals surface area (Å²) in [5.74, 6) is -2.88. The number of carbonyl (C=O) groups excluding carboxylic acids is 2. The summed E-state index contributed by atoms with van der Waals surface area (Å²) < 4.78 is 0. The zero-order valence-electron chi connectivity index (χ0n) is 17.4. The van der Waals surface area contributed by atoms with Crippen LogP contribution in [0.4, 0.5) is 11.4 Å². The largest absolute Gasteiger partial charge is 0.478 e. The fourth-order valence-electron chi connectivity index (χ4n) is 3.05. The molecule has 3 aromatic rings. The van der Waals surface area contributed by atoms with E-state index in [9.17, 15) is 19.5 Å². The van der Waals surface area contributed by atoms with E-state index < -0.39 is 30.1 Å². The number of rotatable bonds is 8. The van der Waals surface area contributed by atoms with E-state index in [4.69, 9.17) is 16.7 Å². The van der Waals surface area contributed by atoms with Crippen molar-refractivity contribution >= 4 is 40.8 Å². The zero-order valence-corrected chi connectivity index (χ0v) is 18.1. The molecular weight excluding hydrogens is 446 g/mol. The van der Waals surface area contributed by atoms with Crippen molar-refractivity contribution in [1.29, 1.82) is 0 Å². The number of benzene rings is 3. The molecule has 3 rings (SSSR count). The molecule has 2 amide bonds. The number of aliphatic hydroxyl groups excluding tert-OH is 1. The summed E-state index contributed by atoms with van der Waals surface area (Å²) in [7, 11) is 0. The molecule has 0 saturated heterocycles. The van der Waals surface area contributed by atoms with Gasteiger partial charge in [-0.05, 0) is 60.5 Å². The van der Waals surface area contributed by atoms with Crippen LogP contribution >= 0.6 is 11.6 Å². The molecule has 0 bridgehead atoms. The third-order valence-corrected chi connectivity index (χ3v) is 5.00. The minimum atomic E-state index is -1.27. The molecule has 3 aromatic carbocycles. The van der Waals surface area contributed by atoms with Gasteiger partial charge in [-0.3, -0.25) is 9.59 Å². The van der Waals surface area contributed by atoms with Crippen LogP contribution in [0.5, 0.6) is 0 Å². The highest BCUT2D eigenvalue weighted by molar-refractivity contribution is 6.39. The molecule has 8 nitrogen and oxygen atoms in total. The Balaban J connectivity index is 1.71. The Morgan fingerprint density at radius 1 is 0.818 bits per heavy atom. The number of carbonyl (C=O) groups is 3. The lowest BCUT2D eigenvalue weighted by Gasteiger charge is -2.25. The Bertz CT molecular complexity index is 1110. The van der Waals surface area contributed by atoms with E-state index in [0.717, 1.165) is 5.56 Å². The number of aliphatic hydroxyl groups is 1. The van der Waals surface area contributed by atoms with Gasteiger partial charge in [-0.25, -0.2) is 4.79 Å². The molecule has 0 fully saturated rings. The number of amides is 2. The Hall–Kier alpha value is -3.88. The maximum atomic E-state index is 12.5. The molecule has 0 heterocycles. The van der Waals surface area contributed by atoms with Gasteiger partial charge in [-0.1, -0.05) is 41.9 Å². The number of carboxylic acids is 1. The monoisotopic (exact) mass is 467 g/mol. The van der Waals surface area contributed by atoms with Gasteiger partial charge in [-0.2, -0.15) is 0 Å². The Labute approximate surface area is 195 Å². The van der Waals surface area contributed by atoms with Gasteiger partial charge in [0.1, 0.15) is 6.23 Å². The highest BCUT2D eigenvalue weighted by Gasteiger charge is 2.25. The summed E-state index contributed by atoms with van der Waals surface area (Å²) in [6.07, 6.45) is -1.03. The van der Waals surface area contributed by atoms with Gasteiger partial charge in [0.2, 0.25) is 0 Å². The molecule has 0 aliphatic heterocycles. The van der Waals surface area contributed by atoms with E-state index in [2.05, 4.69) is 16.0 Å². The first kappa shape index (κ1) is 23.8. The third kappa shape index (κ3) is 7.06. The van der Waals surface area contributed by atoms with Crippen LogP contribution in [0, 0.1) is 0 Å². The molecule has 0 aliphatic carbocycles. The SMILES string of the molecule is O=C(Nc1ccc(Cl)cc1)C(=O)N[C@@H](Cc1ccccc1)C(O)Nc1ccc(C(=O)O)cc1. The second-order valence-corrected chi connectivity index (χ2v) is 7.64. The fraction of sp³-hybridized carbons (Fsp3) is 0.125. The molecule has 0 saturated carbocycles. The highest BCUT2D eigenvalue weighted by Crippen LogP contribution is 2.15. The van der Waals surface area contributed by atoms with Crippen molar-refractivity contribution in [3.63, 3.8) is 0 Å². The van der Waals surface area contributed by atoms with Gasteiger partial charge in [0.25, 0.3) is 0 Å². The first-order valence-electron chi connectivity index (χ1n) is 10.0. The average molecular weight is 468 g/mol. The number of hydrogen-bond donors (Lipinski definition) is 5. The maximum Gasteiger partial charge on any atom is 0.335 e. The second kappa shape index (κ2) is 11.1. The molecule has 1 unspecified atom stereocenters. The first-order chi connectivity index (χ1) is 15.8. The summed E-state index contributed by atoms with van der Waals surface area (Å²) in [5, 5.41) is 28.1.